The minimum atomic E-state index is 0.0248. The first kappa shape index (κ1) is 16.5. The molecule has 3 heteroatoms. The summed E-state index contributed by atoms with van der Waals surface area (Å²) in [4.78, 5) is 11.7. The predicted octanol–water partition coefficient (Wildman–Crippen LogP) is 4.42. The smallest absolute Gasteiger partial charge is 0.163 e. The molecule has 1 aromatic rings. The minimum absolute atomic E-state index is 0.0248. The van der Waals surface area contributed by atoms with Crippen molar-refractivity contribution in [2.45, 2.75) is 52.9 Å². The summed E-state index contributed by atoms with van der Waals surface area (Å²) in [6.07, 6.45) is 5.25. The van der Waals surface area contributed by atoms with Crippen LogP contribution in [0.2, 0.25) is 0 Å². The van der Waals surface area contributed by atoms with Gasteiger partial charge in [0.2, 0.25) is 0 Å². The Morgan fingerprint density at radius 1 is 1.15 bits per heavy atom. The number of rotatable bonds is 9. The molecular weight excluding hydrogens is 252 g/mol. The SMILES string of the molecule is CCCCCOc1ccc(C(C)=O)c(OC)c1CCC. The van der Waals surface area contributed by atoms with Crippen LogP contribution in [0.5, 0.6) is 11.5 Å². The second-order valence-corrected chi connectivity index (χ2v) is 4.98. The zero-order valence-corrected chi connectivity index (χ0v) is 13.1. The first-order valence-corrected chi connectivity index (χ1v) is 7.49. The molecule has 1 aromatic carbocycles. The van der Waals surface area contributed by atoms with Crippen molar-refractivity contribution in [3.05, 3.63) is 23.3 Å². The Morgan fingerprint density at radius 3 is 2.45 bits per heavy atom. The van der Waals surface area contributed by atoms with Crippen molar-refractivity contribution in [2.75, 3.05) is 13.7 Å². The van der Waals surface area contributed by atoms with Gasteiger partial charge in [-0.15, -0.1) is 0 Å². The Labute approximate surface area is 122 Å². The lowest BCUT2D eigenvalue weighted by atomic mass is 10.0. The lowest BCUT2D eigenvalue weighted by molar-refractivity contribution is 0.101. The summed E-state index contributed by atoms with van der Waals surface area (Å²) in [5, 5.41) is 0. The second-order valence-electron chi connectivity index (χ2n) is 4.98. The number of methoxy groups -OCH3 is 1. The topological polar surface area (TPSA) is 35.5 Å². The van der Waals surface area contributed by atoms with E-state index in [9.17, 15) is 4.79 Å². The van der Waals surface area contributed by atoms with Crippen molar-refractivity contribution in [1.82, 2.24) is 0 Å². The number of ketones is 1. The average Bonchev–Trinajstić information content (AvgIpc) is 2.44. The number of ether oxygens (including phenoxy) is 2. The fourth-order valence-electron chi connectivity index (χ4n) is 2.28. The molecule has 112 valence electrons. The summed E-state index contributed by atoms with van der Waals surface area (Å²) in [6.45, 7) is 6.57. The molecule has 0 aliphatic rings. The van der Waals surface area contributed by atoms with Gasteiger partial charge in [-0.2, -0.15) is 0 Å². The zero-order chi connectivity index (χ0) is 15.0. The van der Waals surface area contributed by atoms with E-state index in [4.69, 9.17) is 9.47 Å². The number of hydrogen-bond donors (Lipinski definition) is 0. The normalized spacial score (nSPS) is 10.4. The van der Waals surface area contributed by atoms with E-state index in [2.05, 4.69) is 13.8 Å². The van der Waals surface area contributed by atoms with Gasteiger partial charge >= 0.3 is 0 Å². The Kier molecular flexibility index (Phi) is 7.13. The molecule has 0 aliphatic heterocycles. The van der Waals surface area contributed by atoms with Crippen LogP contribution in [0.3, 0.4) is 0 Å². The molecular formula is C17H26O3. The second kappa shape index (κ2) is 8.62. The summed E-state index contributed by atoms with van der Waals surface area (Å²) in [5.74, 6) is 1.55. The number of carbonyl (C=O) groups is 1. The molecule has 0 saturated heterocycles. The minimum Gasteiger partial charge on any atom is -0.496 e. The summed E-state index contributed by atoms with van der Waals surface area (Å²) in [7, 11) is 1.61. The third kappa shape index (κ3) is 4.26. The molecule has 0 amide bonds. The van der Waals surface area contributed by atoms with Gasteiger partial charge in [-0.3, -0.25) is 4.79 Å². The molecule has 0 spiro atoms. The lowest BCUT2D eigenvalue weighted by Crippen LogP contribution is -2.06. The molecule has 0 saturated carbocycles. The van der Waals surface area contributed by atoms with Gasteiger partial charge in [0.25, 0.3) is 0 Å². The standard InChI is InChI=1S/C17H26O3/c1-5-7-8-12-20-16-11-10-14(13(3)18)17(19-4)15(16)9-6-2/h10-11H,5-9,12H2,1-4H3. The molecule has 0 unspecified atom stereocenters. The largest absolute Gasteiger partial charge is 0.496 e. The van der Waals surface area contributed by atoms with Crippen molar-refractivity contribution in [2.24, 2.45) is 0 Å². The number of unbranched alkanes of at least 4 members (excludes halogenated alkanes) is 2. The van der Waals surface area contributed by atoms with Gasteiger partial charge in [-0.1, -0.05) is 33.1 Å². The van der Waals surface area contributed by atoms with E-state index in [1.54, 1.807) is 20.1 Å². The van der Waals surface area contributed by atoms with Crippen LogP contribution in [0.4, 0.5) is 0 Å². The van der Waals surface area contributed by atoms with E-state index in [-0.39, 0.29) is 5.78 Å². The summed E-state index contributed by atoms with van der Waals surface area (Å²) in [6, 6.07) is 3.70. The monoisotopic (exact) mass is 278 g/mol. The number of carbonyl (C=O) groups excluding carboxylic acids is 1. The van der Waals surface area contributed by atoms with E-state index in [0.717, 1.165) is 30.6 Å². The van der Waals surface area contributed by atoms with Crippen LogP contribution in [-0.4, -0.2) is 19.5 Å². The highest BCUT2D eigenvalue weighted by molar-refractivity contribution is 5.97. The third-order valence-electron chi connectivity index (χ3n) is 3.31. The van der Waals surface area contributed by atoms with Crippen molar-refractivity contribution >= 4 is 5.78 Å². The fraction of sp³-hybridized carbons (Fsp3) is 0.588. The van der Waals surface area contributed by atoms with Crippen LogP contribution in [-0.2, 0) is 6.42 Å². The van der Waals surface area contributed by atoms with Gasteiger partial charge in [-0.25, -0.2) is 0 Å². The molecule has 0 heterocycles. The zero-order valence-electron chi connectivity index (χ0n) is 13.1. The van der Waals surface area contributed by atoms with Crippen molar-refractivity contribution < 1.29 is 14.3 Å². The van der Waals surface area contributed by atoms with Gasteiger partial charge in [0, 0.05) is 5.56 Å². The molecule has 0 atom stereocenters. The van der Waals surface area contributed by atoms with Crippen LogP contribution in [0.1, 0.15) is 62.4 Å². The van der Waals surface area contributed by atoms with Gasteiger partial charge in [0.15, 0.2) is 5.78 Å². The van der Waals surface area contributed by atoms with Gasteiger partial charge < -0.3 is 9.47 Å². The average molecular weight is 278 g/mol. The number of benzene rings is 1. The molecule has 0 radical (unpaired) electrons. The van der Waals surface area contributed by atoms with Crippen molar-refractivity contribution in [3.8, 4) is 11.5 Å². The molecule has 1 rings (SSSR count). The highest BCUT2D eigenvalue weighted by Gasteiger charge is 2.17. The summed E-state index contributed by atoms with van der Waals surface area (Å²) >= 11 is 0. The van der Waals surface area contributed by atoms with E-state index in [1.165, 1.54) is 12.8 Å². The van der Waals surface area contributed by atoms with Gasteiger partial charge in [0.05, 0.1) is 19.3 Å². The summed E-state index contributed by atoms with van der Waals surface area (Å²) in [5.41, 5.74) is 1.65. The Balaban J connectivity index is 3.01. The third-order valence-corrected chi connectivity index (χ3v) is 3.31. The lowest BCUT2D eigenvalue weighted by Gasteiger charge is -2.17. The molecule has 3 nitrogen and oxygen atoms in total. The highest BCUT2D eigenvalue weighted by Crippen LogP contribution is 2.34. The first-order chi connectivity index (χ1) is 9.65. The summed E-state index contributed by atoms with van der Waals surface area (Å²) < 4.78 is 11.3. The van der Waals surface area contributed by atoms with Gasteiger partial charge in [-0.05, 0) is 31.9 Å². The molecule has 0 aliphatic carbocycles. The highest BCUT2D eigenvalue weighted by atomic mass is 16.5. The number of hydrogen-bond acceptors (Lipinski definition) is 3. The predicted molar refractivity (Wildman–Crippen MR) is 82.0 cm³/mol. The number of Topliss-reactive ketones (excluding diaryl/α,β-unsaturated/α-hetero) is 1. The Morgan fingerprint density at radius 2 is 1.90 bits per heavy atom. The van der Waals surface area contributed by atoms with Gasteiger partial charge in [0.1, 0.15) is 11.5 Å². The van der Waals surface area contributed by atoms with Crippen molar-refractivity contribution in [3.63, 3.8) is 0 Å². The maximum Gasteiger partial charge on any atom is 0.163 e. The van der Waals surface area contributed by atoms with Crippen LogP contribution in [0, 0.1) is 0 Å². The molecule has 0 N–H and O–H groups in total. The maximum absolute atomic E-state index is 11.7. The molecule has 0 fully saturated rings. The maximum atomic E-state index is 11.7. The van der Waals surface area contributed by atoms with E-state index < -0.39 is 0 Å². The van der Waals surface area contributed by atoms with Crippen molar-refractivity contribution in [1.29, 1.82) is 0 Å². The van der Waals surface area contributed by atoms with Crippen LogP contribution in [0.15, 0.2) is 12.1 Å². The Bertz CT molecular complexity index is 438. The fourth-order valence-corrected chi connectivity index (χ4v) is 2.28. The van der Waals surface area contributed by atoms with E-state index >= 15 is 0 Å². The molecule has 0 aromatic heterocycles. The Hall–Kier alpha value is -1.51. The molecule has 0 bridgehead atoms. The quantitative estimate of drug-likeness (QED) is 0.495. The van der Waals surface area contributed by atoms with E-state index in [1.807, 2.05) is 6.07 Å². The van der Waals surface area contributed by atoms with Crippen LogP contribution >= 0.6 is 0 Å². The molecule has 20 heavy (non-hydrogen) atoms. The van der Waals surface area contributed by atoms with Crippen LogP contribution in [0.25, 0.3) is 0 Å². The first-order valence-electron chi connectivity index (χ1n) is 7.49. The van der Waals surface area contributed by atoms with E-state index in [0.29, 0.717) is 17.9 Å². The van der Waals surface area contributed by atoms with Crippen LogP contribution < -0.4 is 9.47 Å².